The minimum atomic E-state index is -2.50. The monoisotopic (exact) mass is 578 g/mol. The number of carbonyl (C=O) groups is 2. The molecule has 0 aliphatic rings. The first kappa shape index (κ1) is 27.2. The molecule has 3 rings (SSSR count). The molecule has 0 saturated heterocycles. The van der Waals surface area contributed by atoms with Crippen molar-refractivity contribution in [3.05, 3.63) is 59.6 Å². The SMILES string of the molecule is C=CC(=O)Nc1cc2c(Nc3ccc(Br)cc3F)ncnc2cc1OCCCNC(=O)C(C)S(=O)[O-]. The number of halogens is 2. The summed E-state index contributed by atoms with van der Waals surface area (Å²) in [5.74, 6) is -0.950. The molecule has 1 heterocycles. The number of nitrogens with one attached hydrogen (secondary N) is 3. The minimum Gasteiger partial charge on any atom is -0.772 e. The van der Waals surface area contributed by atoms with Gasteiger partial charge in [0.25, 0.3) is 0 Å². The highest BCUT2D eigenvalue weighted by Crippen LogP contribution is 2.34. The predicted molar refractivity (Wildman–Crippen MR) is 137 cm³/mol. The highest BCUT2D eigenvalue weighted by Gasteiger charge is 2.15. The summed E-state index contributed by atoms with van der Waals surface area (Å²) in [5, 5.41) is 7.47. The van der Waals surface area contributed by atoms with Crippen molar-refractivity contribution in [1.82, 2.24) is 15.3 Å². The summed E-state index contributed by atoms with van der Waals surface area (Å²) in [6, 6.07) is 7.74. The molecular weight excluding hydrogens is 557 g/mol. The van der Waals surface area contributed by atoms with E-state index in [1.54, 1.807) is 24.3 Å². The van der Waals surface area contributed by atoms with Gasteiger partial charge in [-0.3, -0.25) is 13.8 Å². The maximum Gasteiger partial charge on any atom is 0.247 e. The second-order valence-corrected chi connectivity index (χ2v) is 9.57. The number of anilines is 3. The highest BCUT2D eigenvalue weighted by atomic mass is 79.9. The topological polar surface area (TPSA) is 145 Å². The second kappa shape index (κ2) is 12.5. The Morgan fingerprint density at radius 1 is 1.28 bits per heavy atom. The van der Waals surface area contributed by atoms with Gasteiger partial charge < -0.3 is 25.2 Å². The summed E-state index contributed by atoms with van der Waals surface area (Å²) in [4.78, 5) is 32.2. The number of rotatable bonds is 11. The van der Waals surface area contributed by atoms with Gasteiger partial charge in [0.15, 0.2) is 0 Å². The molecule has 0 aliphatic heterocycles. The van der Waals surface area contributed by atoms with Crippen LogP contribution in [0, 0.1) is 5.82 Å². The molecule has 2 atom stereocenters. The Labute approximate surface area is 217 Å². The van der Waals surface area contributed by atoms with Crippen molar-refractivity contribution >= 4 is 66.9 Å². The highest BCUT2D eigenvalue weighted by molar-refractivity contribution is 9.10. The fourth-order valence-corrected chi connectivity index (χ4v) is 3.59. The molecule has 2 unspecified atom stereocenters. The third-order valence-corrected chi connectivity index (χ3v) is 6.18. The van der Waals surface area contributed by atoms with Crippen molar-refractivity contribution in [3.8, 4) is 5.75 Å². The Bertz CT molecular complexity index is 1330. The average molecular weight is 579 g/mol. The molecule has 0 radical (unpaired) electrons. The molecule has 190 valence electrons. The largest absolute Gasteiger partial charge is 0.772 e. The molecule has 10 nitrogen and oxygen atoms in total. The zero-order valence-corrected chi connectivity index (χ0v) is 21.4. The van der Waals surface area contributed by atoms with Crippen molar-refractivity contribution in [2.24, 2.45) is 0 Å². The normalized spacial score (nSPS) is 12.4. The van der Waals surface area contributed by atoms with E-state index in [9.17, 15) is 22.7 Å². The van der Waals surface area contributed by atoms with Gasteiger partial charge in [0.2, 0.25) is 11.8 Å². The summed E-state index contributed by atoms with van der Waals surface area (Å²) in [6.07, 6.45) is 2.78. The zero-order chi connectivity index (χ0) is 26.2. The summed E-state index contributed by atoms with van der Waals surface area (Å²) in [5.41, 5.74) is 0.977. The van der Waals surface area contributed by atoms with Gasteiger partial charge in [-0.05, 0) is 54.8 Å². The van der Waals surface area contributed by atoms with Gasteiger partial charge in [-0.25, -0.2) is 14.4 Å². The van der Waals surface area contributed by atoms with E-state index in [0.717, 1.165) is 6.08 Å². The van der Waals surface area contributed by atoms with Crippen LogP contribution in [0.15, 0.2) is 53.8 Å². The predicted octanol–water partition coefficient (Wildman–Crippen LogP) is 3.55. The first-order chi connectivity index (χ1) is 17.2. The van der Waals surface area contributed by atoms with Crippen LogP contribution < -0.4 is 20.7 Å². The van der Waals surface area contributed by atoms with Crippen LogP contribution in [0.5, 0.6) is 5.75 Å². The third kappa shape index (κ3) is 7.06. The molecule has 0 fully saturated rings. The molecule has 13 heteroatoms. The Morgan fingerprint density at radius 3 is 2.75 bits per heavy atom. The van der Waals surface area contributed by atoms with Crippen molar-refractivity contribution in [2.75, 3.05) is 23.8 Å². The van der Waals surface area contributed by atoms with Crippen LogP contribution >= 0.6 is 15.9 Å². The van der Waals surface area contributed by atoms with Crippen molar-refractivity contribution in [2.45, 2.75) is 18.6 Å². The lowest BCUT2D eigenvalue weighted by atomic mass is 10.1. The zero-order valence-electron chi connectivity index (χ0n) is 19.0. The molecule has 0 aliphatic carbocycles. The van der Waals surface area contributed by atoms with Crippen molar-refractivity contribution in [3.63, 3.8) is 0 Å². The van der Waals surface area contributed by atoms with E-state index in [-0.39, 0.29) is 18.8 Å². The average Bonchev–Trinajstić information content (AvgIpc) is 2.85. The second-order valence-electron chi connectivity index (χ2n) is 7.43. The maximum absolute atomic E-state index is 14.4. The fourth-order valence-electron chi connectivity index (χ4n) is 3.00. The number of aromatic nitrogens is 2. The number of carbonyl (C=O) groups excluding carboxylic acids is 2. The van der Waals surface area contributed by atoms with E-state index in [4.69, 9.17) is 4.74 Å². The van der Waals surface area contributed by atoms with E-state index in [0.29, 0.717) is 39.1 Å². The van der Waals surface area contributed by atoms with Gasteiger partial charge in [-0.2, -0.15) is 0 Å². The Balaban J connectivity index is 1.80. The van der Waals surface area contributed by atoms with Gasteiger partial charge in [0.1, 0.15) is 23.7 Å². The minimum absolute atomic E-state index is 0.151. The molecule has 1 aromatic heterocycles. The Hall–Kier alpha value is -3.42. The van der Waals surface area contributed by atoms with Gasteiger partial charge in [-0.1, -0.05) is 22.5 Å². The van der Waals surface area contributed by atoms with Crippen LogP contribution in [-0.4, -0.2) is 48.9 Å². The number of hydrogen-bond acceptors (Lipinski definition) is 8. The lowest BCUT2D eigenvalue weighted by Crippen LogP contribution is -2.36. The summed E-state index contributed by atoms with van der Waals surface area (Å²) in [7, 11) is 0. The van der Waals surface area contributed by atoms with Crippen LogP contribution in [0.25, 0.3) is 10.9 Å². The number of benzene rings is 2. The quantitative estimate of drug-likeness (QED) is 0.178. The molecular formula is C23H22BrFN5O5S-. The van der Waals surface area contributed by atoms with E-state index < -0.39 is 34.0 Å². The molecule has 2 amide bonds. The first-order valence-corrected chi connectivity index (χ1v) is 12.6. The number of nitrogens with zero attached hydrogens (tertiary/aromatic N) is 2. The lowest BCUT2D eigenvalue weighted by molar-refractivity contribution is -0.120. The van der Waals surface area contributed by atoms with Gasteiger partial charge >= 0.3 is 0 Å². The Morgan fingerprint density at radius 2 is 2.06 bits per heavy atom. The molecule has 2 aromatic carbocycles. The first-order valence-electron chi connectivity index (χ1n) is 10.6. The van der Waals surface area contributed by atoms with E-state index in [1.165, 1.54) is 19.3 Å². The molecule has 3 N–H and O–H groups in total. The van der Waals surface area contributed by atoms with Crippen LogP contribution in [0.3, 0.4) is 0 Å². The fraction of sp³-hybridized carbons (Fsp3) is 0.217. The lowest BCUT2D eigenvalue weighted by Gasteiger charge is -2.16. The summed E-state index contributed by atoms with van der Waals surface area (Å²) < 4.78 is 42.5. The van der Waals surface area contributed by atoms with Gasteiger partial charge in [0, 0.05) is 22.5 Å². The number of fused-ring (bicyclic) bond motifs is 1. The van der Waals surface area contributed by atoms with E-state index >= 15 is 0 Å². The van der Waals surface area contributed by atoms with Crippen molar-refractivity contribution < 1.29 is 27.5 Å². The molecule has 0 saturated carbocycles. The molecule has 36 heavy (non-hydrogen) atoms. The summed E-state index contributed by atoms with van der Waals surface area (Å²) >= 11 is 0.717. The smallest absolute Gasteiger partial charge is 0.247 e. The van der Waals surface area contributed by atoms with E-state index in [2.05, 4.69) is 48.4 Å². The van der Waals surface area contributed by atoms with Crippen LogP contribution in [-0.2, 0) is 20.7 Å². The van der Waals surface area contributed by atoms with Gasteiger partial charge in [-0.15, -0.1) is 0 Å². The number of ether oxygens (including phenoxy) is 1. The molecule has 0 bridgehead atoms. The number of amides is 2. The number of hydrogen-bond donors (Lipinski definition) is 3. The van der Waals surface area contributed by atoms with Gasteiger partial charge in [0.05, 0.1) is 28.7 Å². The molecule has 3 aromatic rings. The Kier molecular flexibility index (Phi) is 9.44. The van der Waals surface area contributed by atoms with Crippen LogP contribution in [0.1, 0.15) is 13.3 Å². The summed E-state index contributed by atoms with van der Waals surface area (Å²) in [6.45, 7) is 5.08. The maximum atomic E-state index is 14.4. The molecule has 0 spiro atoms. The standard InChI is InChI=1S/C23H23BrFN5O5S/c1-3-21(31)29-19-10-15-18(11-20(19)35-8-4-7-26-23(32)13(2)36(33)34)27-12-28-22(15)30-17-6-5-14(24)9-16(17)25/h3,5-6,9-13H,1,4,7-8H2,2H3,(H,26,32)(H,29,31)(H,33,34)(H,27,28,30)/p-1. The van der Waals surface area contributed by atoms with Crippen LogP contribution in [0.2, 0.25) is 0 Å². The van der Waals surface area contributed by atoms with E-state index in [1.807, 2.05) is 0 Å². The van der Waals surface area contributed by atoms with Crippen molar-refractivity contribution in [1.29, 1.82) is 0 Å². The van der Waals surface area contributed by atoms with Crippen LogP contribution in [0.4, 0.5) is 21.6 Å². The third-order valence-electron chi connectivity index (χ3n) is 4.90.